The van der Waals surface area contributed by atoms with Crippen LogP contribution in [0.1, 0.15) is 68.2 Å². The highest BCUT2D eigenvalue weighted by Crippen LogP contribution is 2.58. The maximum atomic E-state index is 12.1. The number of aryl methyl sites for hydroxylation is 1. The van der Waals surface area contributed by atoms with Crippen LogP contribution >= 0.6 is 0 Å². The van der Waals surface area contributed by atoms with Crippen molar-refractivity contribution in [3.8, 4) is 5.75 Å². The fraction of sp³-hybridized carbons (Fsp3) is 0.464. The zero-order valence-corrected chi connectivity index (χ0v) is 18.7. The Balaban J connectivity index is 1.62. The van der Waals surface area contributed by atoms with E-state index in [1.807, 2.05) is 12.1 Å². The molecule has 162 valence electrons. The molecule has 0 saturated heterocycles. The predicted octanol–water partition coefficient (Wildman–Crippen LogP) is 6.05. The van der Waals surface area contributed by atoms with E-state index >= 15 is 0 Å². The van der Waals surface area contributed by atoms with E-state index in [0.717, 1.165) is 32.1 Å². The number of allylic oxidation sites excluding steroid dienone is 2. The number of ether oxygens (including phenoxy) is 1. The van der Waals surface area contributed by atoms with Crippen molar-refractivity contribution >= 4 is 11.5 Å². The summed E-state index contributed by atoms with van der Waals surface area (Å²) in [7, 11) is 0. The molecule has 3 aliphatic rings. The summed E-state index contributed by atoms with van der Waals surface area (Å²) in [5, 5.41) is 9.97. The predicted molar refractivity (Wildman–Crippen MR) is 123 cm³/mol. The molecule has 3 heteroatoms. The second kappa shape index (κ2) is 7.55. The highest BCUT2D eigenvalue weighted by Gasteiger charge is 2.52. The van der Waals surface area contributed by atoms with Crippen molar-refractivity contribution < 1.29 is 14.6 Å². The summed E-state index contributed by atoms with van der Waals surface area (Å²) < 4.78 is 6.05. The van der Waals surface area contributed by atoms with Gasteiger partial charge in [0.2, 0.25) is 0 Å². The Morgan fingerprint density at radius 3 is 2.74 bits per heavy atom. The lowest BCUT2D eigenvalue weighted by molar-refractivity contribution is -0.159. The van der Waals surface area contributed by atoms with Crippen LogP contribution in [0.4, 0.5) is 0 Å². The van der Waals surface area contributed by atoms with Gasteiger partial charge in [-0.3, -0.25) is 4.79 Å². The van der Waals surface area contributed by atoms with Crippen LogP contribution in [0.25, 0.3) is 5.57 Å². The number of phenols is 1. The van der Waals surface area contributed by atoms with E-state index in [4.69, 9.17) is 4.74 Å². The van der Waals surface area contributed by atoms with Gasteiger partial charge in [0.15, 0.2) is 0 Å². The second-order valence-electron chi connectivity index (χ2n) is 10.1. The number of benzene rings is 2. The third-order valence-electron chi connectivity index (χ3n) is 8.33. The van der Waals surface area contributed by atoms with Crippen molar-refractivity contribution in [2.75, 3.05) is 0 Å². The molecular weight excluding hydrogens is 384 g/mol. The van der Waals surface area contributed by atoms with E-state index in [1.165, 1.54) is 27.8 Å². The number of hydrogen-bond acceptors (Lipinski definition) is 3. The zero-order chi connectivity index (χ0) is 21.8. The Morgan fingerprint density at radius 1 is 1.13 bits per heavy atom. The number of rotatable bonds is 1. The van der Waals surface area contributed by atoms with Crippen molar-refractivity contribution in [1.29, 1.82) is 0 Å². The topological polar surface area (TPSA) is 46.5 Å². The molecule has 0 spiro atoms. The molecule has 0 bridgehead atoms. The lowest BCUT2D eigenvalue weighted by Crippen LogP contribution is -2.50. The normalized spacial score (nSPS) is 33.3. The number of aromatic hydroxyl groups is 1. The molecule has 5 atom stereocenters. The summed E-state index contributed by atoms with van der Waals surface area (Å²) in [6.07, 6.45) is 7.39. The van der Waals surface area contributed by atoms with Crippen LogP contribution < -0.4 is 0 Å². The maximum absolute atomic E-state index is 12.1. The fourth-order valence-corrected chi connectivity index (χ4v) is 6.79. The summed E-state index contributed by atoms with van der Waals surface area (Å²) in [6.45, 7) is 6.13. The highest BCUT2D eigenvalue weighted by atomic mass is 16.5. The average Bonchev–Trinajstić information content (AvgIpc) is 2.74. The van der Waals surface area contributed by atoms with Gasteiger partial charge >= 0.3 is 5.97 Å². The molecule has 5 rings (SSSR count). The molecule has 0 amide bonds. The molecule has 0 aliphatic heterocycles. The first-order valence-electron chi connectivity index (χ1n) is 11.6. The Kier molecular flexibility index (Phi) is 4.96. The minimum Gasteiger partial charge on any atom is -0.508 e. The van der Waals surface area contributed by atoms with Crippen molar-refractivity contribution in [2.45, 2.75) is 64.9 Å². The molecule has 3 aliphatic carbocycles. The van der Waals surface area contributed by atoms with Crippen LogP contribution in [0.3, 0.4) is 0 Å². The van der Waals surface area contributed by atoms with Gasteiger partial charge in [-0.2, -0.15) is 0 Å². The van der Waals surface area contributed by atoms with Crippen molar-refractivity contribution in [3.63, 3.8) is 0 Å². The Morgan fingerprint density at radius 2 is 1.94 bits per heavy atom. The molecule has 0 heterocycles. The lowest BCUT2D eigenvalue weighted by Gasteiger charge is -2.54. The number of carbonyl (C=O) groups is 1. The van der Waals surface area contributed by atoms with Crippen LogP contribution in [0.2, 0.25) is 0 Å². The van der Waals surface area contributed by atoms with E-state index in [0.29, 0.717) is 23.5 Å². The van der Waals surface area contributed by atoms with Gasteiger partial charge in [0.1, 0.15) is 11.9 Å². The van der Waals surface area contributed by atoms with Gasteiger partial charge in [0, 0.05) is 18.8 Å². The van der Waals surface area contributed by atoms with Gasteiger partial charge in [0.25, 0.3) is 0 Å². The molecular formula is C28H32O3. The van der Waals surface area contributed by atoms with Gasteiger partial charge in [-0.25, -0.2) is 0 Å². The number of esters is 1. The molecule has 0 aromatic heterocycles. The first kappa shape index (κ1) is 20.4. The number of hydrogen-bond donors (Lipinski definition) is 1. The Labute approximate surface area is 185 Å². The molecule has 3 nitrogen and oxygen atoms in total. The highest BCUT2D eigenvalue weighted by molar-refractivity contribution is 5.69. The molecule has 31 heavy (non-hydrogen) atoms. The summed E-state index contributed by atoms with van der Waals surface area (Å²) in [5.74, 6) is 1.56. The lowest BCUT2D eigenvalue weighted by atomic mass is 9.52. The monoisotopic (exact) mass is 416 g/mol. The van der Waals surface area contributed by atoms with Crippen LogP contribution in [0.15, 0.2) is 48.5 Å². The number of carbonyl (C=O) groups excluding carboxylic acids is 1. The molecule has 1 fully saturated rings. The van der Waals surface area contributed by atoms with Crippen LogP contribution in [0.5, 0.6) is 5.75 Å². The van der Waals surface area contributed by atoms with Gasteiger partial charge < -0.3 is 9.84 Å². The largest absolute Gasteiger partial charge is 0.508 e. The van der Waals surface area contributed by atoms with Gasteiger partial charge in [0.05, 0.1) is 0 Å². The van der Waals surface area contributed by atoms with Gasteiger partial charge in [-0.15, -0.1) is 0 Å². The van der Waals surface area contributed by atoms with E-state index in [9.17, 15) is 9.90 Å². The number of phenolic OH excluding ortho intramolecular Hbond substituents is 1. The summed E-state index contributed by atoms with van der Waals surface area (Å²) in [5.41, 5.74) is 6.52. The summed E-state index contributed by atoms with van der Waals surface area (Å²) in [6, 6.07) is 14.5. The Hall–Kier alpha value is -2.55. The van der Waals surface area contributed by atoms with Crippen LogP contribution in [0, 0.1) is 17.3 Å². The quantitative estimate of drug-likeness (QED) is 0.576. The summed E-state index contributed by atoms with van der Waals surface area (Å²) in [4.78, 5) is 12.1. The maximum Gasteiger partial charge on any atom is 0.302 e. The van der Waals surface area contributed by atoms with Gasteiger partial charge in [-0.1, -0.05) is 43.3 Å². The SMILES string of the molecule is CC(=O)O[C@H]1Cc2ccccc2/C(C)=C\[C@H]2[C@@H]3CCc4cc(O)ccc4[C@H]3CC[C@]12C. The van der Waals surface area contributed by atoms with Crippen molar-refractivity contribution in [3.05, 3.63) is 70.8 Å². The van der Waals surface area contributed by atoms with Crippen LogP contribution in [-0.4, -0.2) is 17.2 Å². The van der Waals surface area contributed by atoms with Crippen molar-refractivity contribution in [1.82, 2.24) is 0 Å². The molecule has 2 aromatic carbocycles. The van der Waals surface area contributed by atoms with E-state index in [-0.39, 0.29) is 17.5 Å². The first-order chi connectivity index (χ1) is 14.9. The minimum absolute atomic E-state index is 0.0873. The van der Waals surface area contributed by atoms with Crippen LogP contribution in [-0.2, 0) is 22.4 Å². The minimum atomic E-state index is -0.185. The van der Waals surface area contributed by atoms with E-state index < -0.39 is 0 Å². The zero-order valence-electron chi connectivity index (χ0n) is 18.7. The molecule has 0 unspecified atom stereocenters. The average molecular weight is 417 g/mol. The standard InChI is InChI=1S/C28H32O3/c1-17-14-26-25-10-8-20-15-21(30)9-11-23(20)24(25)12-13-28(26,3)27(31-18(2)29)16-19-6-4-5-7-22(17)19/h4-7,9,11,14-15,24-27,30H,8,10,12-13,16H2,1-3H3/b17-14-/t24-,25-,26+,27+,28+/m1/s1. The third kappa shape index (κ3) is 3.39. The molecule has 2 aromatic rings. The smallest absolute Gasteiger partial charge is 0.302 e. The second-order valence-corrected chi connectivity index (χ2v) is 10.1. The van der Waals surface area contributed by atoms with E-state index in [2.05, 4.69) is 50.3 Å². The van der Waals surface area contributed by atoms with Gasteiger partial charge in [-0.05, 0) is 90.3 Å². The first-order valence-corrected chi connectivity index (χ1v) is 11.6. The van der Waals surface area contributed by atoms with E-state index in [1.54, 1.807) is 6.92 Å². The van der Waals surface area contributed by atoms with Crippen molar-refractivity contribution in [2.24, 2.45) is 17.3 Å². The molecule has 0 radical (unpaired) electrons. The Bertz CT molecular complexity index is 1050. The fourth-order valence-electron chi connectivity index (χ4n) is 6.79. The molecule has 1 N–H and O–H groups in total. The number of fused-ring (bicyclic) bond motifs is 6. The molecule has 1 saturated carbocycles. The summed E-state index contributed by atoms with van der Waals surface area (Å²) >= 11 is 0. The third-order valence-corrected chi connectivity index (χ3v) is 8.33.